The first-order chi connectivity index (χ1) is 8.07. The largest absolute Gasteiger partial charge is 0.388 e. The number of hydrogen-bond acceptors (Lipinski definition) is 2. The second-order valence-corrected chi connectivity index (χ2v) is 5.58. The van der Waals surface area contributed by atoms with E-state index in [1.807, 2.05) is 24.3 Å². The van der Waals surface area contributed by atoms with E-state index < -0.39 is 5.60 Å². The summed E-state index contributed by atoms with van der Waals surface area (Å²) in [6, 6.07) is 7.69. The summed E-state index contributed by atoms with van der Waals surface area (Å²) in [6.07, 6.45) is 3.00. The maximum Gasteiger partial charge on any atom is 0.224 e. The summed E-state index contributed by atoms with van der Waals surface area (Å²) in [6.45, 7) is 0.375. The highest BCUT2D eigenvalue weighted by molar-refractivity contribution is 9.10. The van der Waals surface area contributed by atoms with Gasteiger partial charge in [-0.25, -0.2) is 0 Å². The summed E-state index contributed by atoms with van der Waals surface area (Å²) in [7, 11) is 0. The molecule has 1 amide bonds. The van der Waals surface area contributed by atoms with Crippen LogP contribution in [0, 0.1) is 0 Å². The average Bonchev–Trinajstić information content (AvgIpc) is 2.24. The third kappa shape index (κ3) is 3.54. The SMILES string of the molecule is O=C(Cc1cccc(Br)c1)NCC1(O)CCC1. The lowest BCUT2D eigenvalue weighted by atomic mass is 9.80. The van der Waals surface area contributed by atoms with Gasteiger partial charge >= 0.3 is 0 Å². The van der Waals surface area contributed by atoms with Gasteiger partial charge in [0, 0.05) is 11.0 Å². The number of aliphatic hydroxyl groups is 1. The van der Waals surface area contributed by atoms with Crippen molar-refractivity contribution in [2.75, 3.05) is 6.54 Å². The Bertz CT molecular complexity index is 416. The van der Waals surface area contributed by atoms with Crippen LogP contribution >= 0.6 is 15.9 Å². The Labute approximate surface area is 109 Å². The molecule has 0 radical (unpaired) electrons. The molecular weight excluding hydrogens is 282 g/mol. The number of carbonyl (C=O) groups excluding carboxylic acids is 1. The van der Waals surface area contributed by atoms with Crippen molar-refractivity contribution in [3.05, 3.63) is 34.3 Å². The number of halogens is 1. The lowest BCUT2D eigenvalue weighted by Crippen LogP contribution is -2.48. The van der Waals surface area contributed by atoms with Gasteiger partial charge in [0.1, 0.15) is 0 Å². The van der Waals surface area contributed by atoms with E-state index in [4.69, 9.17) is 0 Å². The van der Waals surface area contributed by atoms with Gasteiger partial charge in [0.15, 0.2) is 0 Å². The molecule has 2 rings (SSSR count). The van der Waals surface area contributed by atoms with E-state index in [0.717, 1.165) is 29.3 Å². The molecule has 0 unspecified atom stereocenters. The summed E-state index contributed by atoms with van der Waals surface area (Å²) >= 11 is 3.37. The molecule has 92 valence electrons. The molecule has 1 aliphatic carbocycles. The van der Waals surface area contributed by atoms with Gasteiger partial charge in [-0.05, 0) is 37.0 Å². The highest BCUT2D eigenvalue weighted by Crippen LogP contribution is 2.30. The zero-order valence-electron chi connectivity index (χ0n) is 9.58. The Morgan fingerprint density at radius 3 is 2.82 bits per heavy atom. The second kappa shape index (κ2) is 5.19. The molecule has 0 aliphatic heterocycles. The van der Waals surface area contributed by atoms with E-state index >= 15 is 0 Å². The van der Waals surface area contributed by atoms with Crippen molar-refractivity contribution in [1.82, 2.24) is 5.32 Å². The van der Waals surface area contributed by atoms with E-state index in [2.05, 4.69) is 21.2 Å². The highest BCUT2D eigenvalue weighted by atomic mass is 79.9. The minimum absolute atomic E-state index is 0.0385. The third-order valence-corrected chi connectivity index (χ3v) is 3.65. The number of hydrogen-bond donors (Lipinski definition) is 2. The van der Waals surface area contributed by atoms with Gasteiger partial charge in [0.05, 0.1) is 12.0 Å². The zero-order chi connectivity index (χ0) is 12.3. The van der Waals surface area contributed by atoms with E-state index in [0.29, 0.717) is 13.0 Å². The van der Waals surface area contributed by atoms with Gasteiger partial charge in [-0.1, -0.05) is 28.1 Å². The molecule has 0 atom stereocenters. The molecule has 0 aromatic heterocycles. The quantitative estimate of drug-likeness (QED) is 0.893. The van der Waals surface area contributed by atoms with Crippen LogP contribution in [0.5, 0.6) is 0 Å². The first kappa shape index (κ1) is 12.6. The van der Waals surface area contributed by atoms with Crippen LogP contribution in [0.25, 0.3) is 0 Å². The van der Waals surface area contributed by atoms with Crippen molar-refractivity contribution in [2.24, 2.45) is 0 Å². The Kier molecular flexibility index (Phi) is 3.84. The predicted molar refractivity (Wildman–Crippen MR) is 69.7 cm³/mol. The molecule has 0 bridgehead atoms. The molecule has 17 heavy (non-hydrogen) atoms. The van der Waals surface area contributed by atoms with Crippen LogP contribution in [0.15, 0.2) is 28.7 Å². The topological polar surface area (TPSA) is 49.3 Å². The van der Waals surface area contributed by atoms with Gasteiger partial charge in [0.25, 0.3) is 0 Å². The Morgan fingerprint density at radius 2 is 2.24 bits per heavy atom. The fourth-order valence-corrected chi connectivity index (χ4v) is 2.37. The number of carbonyl (C=O) groups is 1. The van der Waals surface area contributed by atoms with Crippen LogP contribution in [0.1, 0.15) is 24.8 Å². The molecule has 1 saturated carbocycles. The molecular formula is C13H16BrNO2. The van der Waals surface area contributed by atoms with Crippen LogP contribution in [0.4, 0.5) is 0 Å². The van der Waals surface area contributed by atoms with Crippen LogP contribution in [-0.2, 0) is 11.2 Å². The van der Waals surface area contributed by atoms with E-state index in [1.54, 1.807) is 0 Å². The lowest BCUT2D eigenvalue weighted by Gasteiger charge is -2.36. The molecule has 4 heteroatoms. The van der Waals surface area contributed by atoms with E-state index in [-0.39, 0.29) is 5.91 Å². The van der Waals surface area contributed by atoms with E-state index in [1.165, 1.54) is 0 Å². The average molecular weight is 298 g/mol. The molecule has 1 aliphatic rings. The van der Waals surface area contributed by atoms with Gasteiger partial charge in [-0.2, -0.15) is 0 Å². The molecule has 0 spiro atoms. The summed E-state index contributed by atoms with van der Waals surface area (Å²) in [5, 5.41) is 12.6. The van der Waals surface area contributed by atoms with Crippen LogP contribution in [0.2, 0.25) is 0 Å². The Hall–Kier alpha value is -0.870. The molecule has 1 aromatic carbocycles. The summed E-state index contributed by atoms with van der Waals surface area (Å²) < 4.78 is 0.973. The predicted octanol–water partition coefficient (Wildman–Crippen LogP) is 2.02. The standard InChI is InChI=1S/C13H16BrNO2/c14-11-4-1-3-10(7-11)8-12(16)15-9-13(17)5-2-6-13/h1,3-4,7,17H,2,5-6,8-9H2,(H,15,16). The number of nitrogens with one attached hydrogen (secondary N) is 1. The summed E-state index contributed by atoms with van der Waals surface area (Å²) in [5.41, 5.74) is 0.324. The molecule has 0 saturated heterocycles. The van der Waals surface area contributed by atoms with Crippen molar-refractivity contribution in [1.29, 1.82) is 0 Å². The summed E-state index contributed by atoms with van der Waals surface area (Å²) in [4.78, 5) is 11.7. The monoisotopic (exact) mass is 297 g/mol. The maximum absolute atomic E-state index is 11.7. The molecule has 0 heterocycles. The van der Waals surface area contributed by atoms with Crippen molar-refractivity contribution in [3.63, 3.8) is 0 Å². The molecule has 1 aromatic rings. The number of rotatable bonds is 4. The van der Waals surface area contributed by atoms with Crippen molar-refractivity contribution in [3.8, 4) is 0 Å². The fraction of sp³-hybridized carbons (Fsp3) is 0.462. The van der Waals surface area contributed by atoms with Crippen molar-refractivity contribution in [2.45, 2.75) is 31.3 Å². The van der Waals surface area contributed by atoms with Crippen molar-refractivity contribution < 1.29 is 9.90 Å². The lowest BCUT2D eigenvalue weighted by molar-refractivity contribution is -0.122. The van der Waals surface area contributed by atoms with Gasteiger partial charge < -0.3 is 10.4 Å². The second-order valence-electron chi connectivity index (χ2n) is 4.66. The fourth-order valence-electron chi connectivity index (χ4n) is 1.92. The third-order valence-electron chi connectivity index (χ3n) is 3.15. The van der Waals surface area contributed by atoms with Crippen LogP contribution in [0.3, 0.4) is 0 Å². The highest BCUT2D eigenvalue weighted by Gasteiger charge is 2.34. The number of amides is 1. The zero-order valence-corrected chi connectivity index (χ0v) is 11.2. The van der Waals surface area contributed by atoms with Gasteiger partial charge in [-0.3, -0.25) is 4.79 Å². The smallest absolute Gasteiger partial charge is 0.224 e. The van der Waals surface area contributed by atoms with Crippen molar-refractivity contribution >= 4 is 21.8 Å². The van der Waals surface area contributed by atoms with Gasteiger partial charge in [0.2, 0.25) is 5.91 Å². The minimum Gasteiger partial charge on any atom is -0.388 e. The molecule has 1 fully saturated rings. The van der Waals surface area contributed by atoms with Gasteiger partial charge in [-0.15, -0.1) is 0 Å². The molecule has 2 N–H and O–H groups in total. The minimum atomic E-state index is -0.646. The Morgan fingerprint density at radius 1 is 1.47 bits per heavy atom. The van der Waals surface area contributed by atoms with E-state index in [9.17, 15) is 9.90 Å². The Balaban J connectivity index is 1.81. The summed E-state index contributed by atoms with van der Waals surface area (Å²) in [5.74, 6) is -0.0385. The molecule has 3 nitrogen and oxygen atoms in total. The van der Waals surface area contributed by atoms with Crippen LogP contribution in [-0.4, -0.2) is 23.2 Å². The maximum atomic E-state index is 11.7. The van der Waals surface area contributed by atoms with Crippen LogP contribution < -0.4 is 5.32 Å². The normalized spacial score (nSPS) is 17.3. The number of benzene rings is 1. The first-order valence-electron chi connectivity index (χ1n) is 5.81. The first-order valence-corrected chi connectivity index (χ1v) is 6.60.